The van der Waals surface area contributed by atoms with Gasteiger partial charge in [0.05, 0.1) is 16.8 Å². The standard InChI is InChI=1S/C20H20ClF2N3O2S/c1-13-3-4-15(20(23)19(13)22)11-26(16-6-5-14(10-24)18(21)9-16)17-7-8-25(12-17)29(2,27)28/h3-6,9,17H,7-8,11-12H2,1-2H3/t17-/m0/s1. The van der Waals surface area contributed by atoms with Crippen molar-refractivity contribution < 1.29 is 17.2 Å². The van der Waals surface area contributed by atoms with E-state index in [-0.39, 0.29) is 35.3 Å². The SMILES string of the molecule is Cc1ccc(CN(c2ccc(C#N)c(Cl)c2)[C@H]2CCN(S(C)(=O)=O)C2)c(F)c1F. The first kappa shape index (κ1) is 21.5. The van der Waals surface area contributed by atoms with Gasteiger partial charge in [-0.25, -0.2) is 21.5 Å². The summed E-state index contributed by atoms with van der Waals surface area (Å²) in [4.78, 5) is 1.81. The van der Waals surface area contributed by atoms with Crippen molar-refractivity contribution in [2.24, 2.45) is 0 Å². The van der Waals surface area contributed by atoms with Gasteiger partial charge < -0.3 is 4.90 Å². The molecule has 2 aromatic rings. The molecule has 0 spiro atoms. The lowest BCUT2D eigenvalue weighted by atomic mass is 10.1. The van der Waals surface area contributed by atoms with Crippen LogP contribution in [0.1, 0.15) is 23.1 Å². The van der Waals surface area contributed by atoms with Gasteiger partial charge in [0.1, 0.15) is 6.07 Å². The molecule has 9 heteroatoms. The highest BCUT2D eigenvalue weighted by molar-refractivity contribution is 7.88. The fourth-order valence-electron chi connectivity index (χ4n) is 3.46. The van der Waals surface area contributed by atoms with Gasteiger partial charge in [-0.3, -0.25) is 0 Å². The molecule has 1 atom stereocenters. The van der Waals surface area contributed by atoms with E-state index in [1.165, 1.54) is 23.4 Å². The third kappa shape index (κ3) is 4.53. The molecule has 5 nitrogen and oxygen atoms in total. The molecule has 1 fully saturated rings. The van der Waals surface area contributed by atoms with Crippen LogP contribution in [0.4, 0.5) is 14.5 Å². The van der Waals surface area contributed by atoms with Crippen LogP contribution in [0, 0.1) is 29.9 Å². The van der Waals surface area contributed by atoms with Crippen LogP contribution in [0.15, 0.2) is 30.3 Å². The molecule has 0 amide bonds. The van der Waals surface area contributed by atoms with Gasteiger partial charge in [0.25, 0.3) is 0 Å². The molecule has 1 aliphatic rings. The average molecular weight is 440 g/mol. The molecule has 1 aliphatic heterocycles. The Morgan fingerprint density at radius 1 is 1.28 bits per heavy atom. The summed E-state index contributed by atoms with van der Waals surface area (Å²) < 4.78 is 53.8. The number of halogens is 3. The molecular formula is C20H20ClF2N3O2S. The van der Waals surface area contributed by atoms with Gasteiger partial charge in [-0.2, -0.15) is 5.26 Å². The maximum absolute atomic E-state index is 14.5. The van der Waals surface area contributed by atoms with Crippen molar-refractivity contribution in [3.8, 4) is 6.07 Å². The highest BCUT2D eigenvalue weighted by Crippen LogP contribution is 2.30. The minimum Gasteiger partial charge on any atom is -0.363 e. The lowest BCUT2D eigenvalue weighted by Crippen LogP contribution is -2.38. The van der Waals surface area contributed by atoms with Gasteiger partial charge in [0.2, 0.25) is 10.0 Å². The molecule has 29 heavy (non-hydrogen) atoms. The number of rotatable bonds is 5. The van der Waals surface area contributed by atoms with E-state index in [0.29, 0.717) is 24.2 Å². The Morgan fingerprint density at radius 2 is 2.00 bits per heavy atom. The van der Waals surface area contributed by atoms with Crippen molar-refractivity contribution in [2.75, 3.05) is 24.2 Å². The summed E-state index contributed by atoms with van der Waals surface area (Å²) >= 11 is 6.17. The Morgan fingerprint density at radius 3 is 2.59 bits per heavy atom. The Labute approximate surface area is 174 Å². The molecule has 0 radical (unpaired) electrons. The van der Waals surface area contributed by atoms with Crippen LogP contribution in [0.25, 0.3) is 0 Å². The van der Waals surface area contributed by atoms with E-state index < -0.39 is 21.7 Å². The smallest absolute Gasteiger partial charge is 0.211 e. The van der Waals surface area contributed by atoms with Gasteiger partial charge in [-0.05, 0) is 37.1 Å². The van der Waals surface area contributed by atoms with Crippen LogP contribution < -0.4 is 4.90 Å². The topological polar surface area (TPSA) is 64.4 Å². The summed E-state index contributed by atoms with van der Waals surface area (Å²) in [7, 11) is -3.36. The first-order valence-corrected chi connectivity index (χ1v) is 11.2. The number of hydrogen-bond acceptors (Lipinski definition) is 4. The Hall–Kier alpha value is -2.21. The number of benzene rings is 2. The average Bonchev–Trinajstić information content (AvgIpc) is 3.16. The minimum atomic E-state index is -3.36. The number of anilines is 1. The monoisotopic (exact) mass is 439 g/mol. The molecule has 0 N–H and O–H groups in total. The van der Waals surface area contributed by atoms with Crippen LogP contribution in [0.2, 0.25) is 5.02 Å². The van der Waals surface area contributed by atoms with E-state index in [4.69, 9.17) is 16.9 Å². The zero-order chi connectivity index (χ0) is 21.3. The van der Waals surface area contributed by atoms with Crippen LogP contribution >= 0.6 is 11.6 Å². The molecule has 154 valence electrons. The van der Waals surface area contributed by atoms with E-state index in [9.17, 15) is 17.2 Å². The number of hydrogen-bond donors (Lipinski definition) is 0. The van der Waals surface area contributed by atoms with Crippen LogP contribution in [-0.4, -0.2) is 38.1 Å². The molecule has 0 saturated carbocycles. The van der Waals surface area contributed by atoms with Crippen LogP contribution in [-0.2, 0) is 16.6 Å². The number of nitriles is 1. The van der Waals surface area contributed by atoms with Crippen molar-refractivity contribution in [1.29, 1.82) is 5.26 Å². The molecule has 0 unspecified atom stereocenters. The lowest BCUT2D eigenvalue weighted by Gasteiger charge is -2.32. The van der Waals surface area contributed by atoms with Crippen LogP contribution in [0.3, 0.4) is 0 Å². The second-order valence-electron chi connectivity index (χ2n) is 7.14. The molecule has 0 aromatic heterocycles. The van der Waals surface area contributed by atoms with Crippen molar-refractivity contribution in [2.45, 2.75) is 25.9 Å². The molecule has 0 bridgehead atoms. The highest BCUT2D eigenvalue weighted by Gasteiger charge is 2.33. The number of nitrogens with zero attached hydrogens (tertiary/aromatic N) is 3. The van der Waals surface area contributed by atoms with Crippen molar-refractivity contribution in [3.63, 3.8) is 0 Å². The van der Waals surface area contributed by atoms with Crippen molar-refractivity contribution in [3.05, 3.63) is 63.7 Å². The summed E-state index contributed by atoms with van der Waals surface area (Å²) in [5.74, 6) is -1.82. The quantitative estimate of drug-likeness (QED) is 0.710. The minimum absolute atomic E-state index is 0.0352. The second kappa shape index (κ2) is 8.27. The van der Waals surface area contributed by atoms with Gasteiger partial charge in [0.15, 0.2) is 11.6 Å². The number of aryl methyl sites for hydroxylation is 1. The van der Waals surface area contributed by atoms with E-state index in [1.807, 2.05) is 11.0 Å². The highest BCUT2D eigenvalue weighted by atomic mass is 35.5. The normalized spacial score (nSPS) is 17.3. The first-order chi connectivity index (χ1) is 13.6. The van der Waals surface area contributed by atoms with Crippen molar-refractivity contribution in [1.82, 2.24) is 4.31 Å². The molecular weight excluding hydrogens is 420 g/mol. The second-order valence-corrected chi connectivity index (χ2v) is 9.53. The van der Waals surface area contributed by atoms with E-state index >= 15 is 0 Å². The van der Waals surface area contributed by atoms with Gasteiger partial charge in [0, 0.05) is 36.9 Å². The maximum atomic E-state index is 14.5. The maximum Gasteiger partial charge on any atom is 0.211 e. The Bertz CT molecular complexity index is 1090. The Kier molecular flexibility index (Phi) is 6.13. The van der Waals surface area contributed by atoms with Gasteiger partial charge >= 0.3 is 0 Å². The Balaban J connectivity index is 2.00. The molecule has 3 rings (SSSR count). The molecule has 0 aliphatic carbocycles. The number of sulfonamides is 1. The lowest BCUT2D eigenvalue weighted by molar-refractivity contribution is 0.469. The zero-order valence-corrected chi connectivity index (χ0v) is 17.6. The summed E-state index contributed by atoms with van der Waals surface area (Å²) in [6.07, 6.45) is 1.67. The third-order valence-electron chi connectivity index (χ3n) is 5.14. The predicted molar refractivity (Wildman–Crippen MR) is 108 cm³/mol. The van der Waals surface area contributed by atoms with Crippen LogP contribution in [0.5, 0.6) is 0 Å². The fraction of sp³-hybridized carbons (Fsp3) is 0.350. The zero-order valence-electron chi connectivity index (χ0n) is 16.0. The summed E-state index contributed by atoms with van der Waals surface area (Å²) in [6.45, 7) is 2.09. The summed E-state index contributed by atoms with van der Waals surface area (Å²) in [5, 5.41) is 9.34. The van der Waals surface area contributed by atoms with E-state index in [2.05, 4.69) is 0 Å². The van der Waals surface area contributed by atoms with E-state index in [0.717, 1.165) is 6.26 Å². The predicted octanol–water partition coefficient (Wildman–Crippen LogP) is 3.84. The molecule has 1 saturated heterocycles. The fourth-order valence-corrected chi connectivity index (χ4v) is 4.56. The van der Waals surface area contributed by atoms with Gasteiger partial charge in [-0.15, -0.1) is 0 Å². The largest absolute Gasteiger partial charge is 0.363 e. The first-order valence-electron chi connectivity index (χ1n) is 8.96. The molecule has 2 aromatic carbocycles. The van der Waals surface area contributed by atoms with Crippen molar-refractivity contribution >= 4 is 27.3 Å². The third-order valence-corrected chi connectivity index (χ3v) is 6.72. The summed E-state index contributed by atoms with van der Waals surface area (Å²) in [5.41, 5.74) is 1.27. The van der Waals surface area contributed by atoms with E-state index in [1.54, 1.807) is 18.2 Å². The summed E-state index contributed by atoms with van der Waals surface area (Å²) in [6, 6.07) is 9.58. The van der Waals surface area contributed by atoms with Gasteiger partial charge in [-0.1, -0.05) is 23.7 Å². The molecule has 1 heterocycles.